The van der Waals surface area contributed by atoms with Crippen molar-refractivity contribution in [2.75, 3.05) is 0 Å². The molecule has 0 radical (unpaired) electrons. The van der Waals surface area contributed by atoms with Gasteiger partial charge < -0.3 is 0 Å². The van der Waals surface area contributed by atoms with Gasteiger partial charge in [0.1, 0.15) is 0 Å². The molecule has 1 aliphatic rings. The Morgan fingerprint density at radius 3 is 2.67 bits per heavy atom. The highest BCUT2D eigenvalue weighted by molar-refractivity contribution is 5.36. The van der Waals surface area contributed by atoms with Crippen LogP contribution >= 0.6 is 0 Å². The molecule has 0 spiro atoms. The molecule has 1 saturated carbocycles. The van der Waals surface area contributed by atoms with Crippen LogP contribution in [-0.4, -0.2) is 0 Å². The summed E-state index contributed by atoms with van der Waals surface area (Å²) in [5, 5.41) is 0. The third-order valence-corrected chi connectivity index (χ3v) is 2.70. The van der Waals surface area contributed by atoms with Crippen LogP contribution in [-0.2, 0) is 6.42 Å². The molecular formula is C12H16. The Morgan fingerprint density at radius 2 is 2.08 bits per heavy atom. The van der Waals surface area contributed by atoms with E-state index in [1.807, 2.05) is 0 Å². The average Bonchev–Trinajstić information content (AvgIpc) is 2.87. The predicted molar refractivity (Wildman–Crippen MR) is 52.5 cm³/mol. The second kappa shape index (κ2) is 2.93. The van der Waals surface area contributed by atoms with Crippen molar-refractivity contribution < 1.29 is 0 Å². The first-order valence-electron chi connectivity index (χ1n) is 4.90. The van der Waals surface area contributed by atoms with Crippen molar-refractivity contribution in [1.29, 1.82) is 0 Å². The molecule has 0 aromatic heterocycles. The number of rotatable bonds is 2. The molecule has 2 rings (SSSR count). The second-order valence-corrected chi connectivity index (χ2v) is 3.83. The minimum Gasteiger partial charge on any atom is -0.0613 e. The van der Waals surface area contributed by atoms with E-state index < -0.39 is 0 Å². The van der Waals surface area contributed by atoms with Gasteiger partial charge in [-0.1, -0.05) is 30.7 Å². The Hall–Kier alpha value is -0.780. The van der Waals surface area contributed by atoms with E-state index >= 15 is 0 Å². The Bertz CT molecular complexity index is 282. The zero-order valence-electron chi connectivity index (χ0n) is 7.93. The van der Waals surface area contributed by atoms with Crippen molar-refractivity contribution >= 4 is 0 Å². The molecule has 0 bridgehead atoms. The van der Waals surface area contributed by atoms with E-state index in [1.165, 1.54) is 24.8 Å². The third-order valence-electron chi connectivity index (χ3n) is 2.70. The molecule has 0 saturated heterocycles. The Morgan fingerprint density at radius 1 is 1.33 bits per heavy atom. The highest BCUT2D eigenvalue weighted by atomic mass is 14.3. The van der Waals surface area contributed by atoms with E-state index in [0.717, 1.165) is 5.92 Å². The molecule has 0 N–H and O–H groups in total. The molecule has 0 heteroatoms. The fourth-order valence-corrected chi connectivity index (χ4v) is 1.83. The summed E-state index contributed by atoms with van der Waals surface area (Å²) in [7, 11) is 0. The zero-order chi connectivity index (χ0) is 8.55. The molecule has 0 atom stereocenters. The molecular weight excluding hydrogens is 144 g/mol. The van der Waals surface area contributed by atoms with Gasteiger partial charge in [-0.15, -0.1) is 0 Å². The minimum absolute atomic E-state index is 0.903. The van der Waals surface area contributed by atoms with Crippen molar-refractivity contribution in [3.8, 4) is 0 Å². The van der Waals surface area contributed by atoms with E-state index in [2.05, 4.69) is 32.0 Å². The number of hydrogen-bond acceptors (Lipinski definition) is 0. The molecule has 0 nitrogen and oxygen atoms in total. The highest BCUT2D eigenvalue weighted by Gasteiger charge is 2.25. The monoisotopic (exact) mass is 160 g/mol. The zero-order valence-corrected chi connectivity index (χ0v) is 7.93. The summed E-state index contributed by atoms with van der Waals surface area (Å²) >= 11 is 0. The molecule has 64 valence electrons. The molecule has 1 fully saturated rings. The van der Waals surface area contributed by atoms with E-state index in [-0.39, 0.29) is 0 Å². The van der Waals surface area contributed by atoms with Gasteiger partial charge in [0.25, 0.3) is 0 Å². The molecule has 12 heavy (non-hydrogen) atoms. The van der Waals surface area contributed by atoms with Crippen molar-refractivity contribution in [3.05, 3.63) is 34.9 Å². The molecule has 1 aliphatic carbocycles. The molecule has 0 aliphatic heterocycles. The Kier molecular flexibility index (Phi) is 1.92. The quantitative estimate of drug-likeness (QED) is 0.621. The van der Waals surface area contributed by atoms with Gasteiger partial charge in [0.05, 0.1) is 0 Å². The maximum atomic E-state index is 2.34. The normalized spacial score (nSPS) is 16.5. The van der Waals surface area contributed by atoms with Crippen LogP contribution in [0.25, 0.3) is 0 Å². The van der Waals surface area contributed by atoms with Crippen molar-refractivity contribution in [2.45, 2.75) is 39.0 Å². The fraction of sp³-hybridized carbons (Fsp3) is 0.500. The first kappa shape index (κ1) is 7.85. The van der Waals surface area contributed by atoms with Gasteiger partial charge in [-0.2, -0.15) is 0 Å². The largest absolute Gasteiger partial charge is 0.0613 e. The van der Waals surface area contributed by atoms with Crippen LogP contribution in [0, 0.1) is 6.92 Å². The lowest BCUT2D eigenvalue weighted by Gasteiger charge is -2.06. The van der Waals surface area contributed by atoms with Crippen LogP contribution in [0.15, 0.2) is 18.2 Å². The maximum absolute atomic E-state index is 2.34. The Labute approximate surface area is 74.6 Å². The standard InChI is InChI=1S/C12H16/c1-3-10-8-9(2)4-7-12(10)11-5-6-11/h4,7-8,11H,3,5-6H2,1-2H3. The Balaban J connectivity index is 2.38. The summed E-state index contributed by atoms with van der Waals surface area (Å²) < 4.78 is 0. The summed E-state index contributed by atoms with van der Waals surface area (Å²) in [6.07, 6.45) is 4.01. The van der Waals surface area contributed by atoms with E-state index in [1.54, 1.807) is 11.1 Å². The first-order chi connectivity index (χ1) is 5.81. The van der Waals surface area contributed by atoms with Crippen molar-refractivity contribution in [3.63, 3.8) is 0 Å². The lowest BCUT2D eigenvalue weighted by atomic mass is 9.99. The van der Waals surface area contributed by atoms with E-state index in [4.69, 9.17) is 0 Å². The molecule has 1 aromatic carbocycles. The van der Waals surface area contributed by atoms with Gasteiger partial charge in [0, 0.05) is 0 Å². The number of hydrogen-bond donors (Lipinski definition) is 0. The number of aryl methyl sites for hydroxylation is 2. The molecule has 1 aromatic rings. The highest BCUT2D eigenvalue weighted by Crippen LogP contribution is 2.41. The van der Waals surface area contributed by atoms with Crippen molar-refractivity contribution in [2.24, 2.45) is 0 Å². The lowest BCUT2D eigenvalue weighted by Crippen LogP contribution is -1.90. The second-order valence-electron chi connectivity index (χ2n) is 3.83. The van der Waals surface area contributed by atoms with Crippen molar-refractivity contribution in [1.82, 2.24) is 0 Å². The third kappa shape index (κ3) is 1.38. The van der Waals surface area contributed by atoms with Crippen LogP contribution in [0.4, 0.5) is 0 Å². The minimum atomic E-state index is 0.903. The first-order valence-corrected chi connectivity index (χ1v) is 4.90. The summed E-state index contributed by atoms with van der Waals surface area (Å²) in [4.78, 5) is 0. The molecule has 0 amide bonds. The summed E-state index contributed by atoms with van der Waals surface area (Å²) in [6.45, 7) is 4.43. The van der Waals surface area contributed by atoms with Gasteiger partial charge in [-0.3, -0.25) is 0 Å². The fourth-order valence-electron chi connectivity index (χ4n) is 1.83. The average molecular weight is 160 g/mol. The van der Waals surface area contributed by atoms with Gasteiger partial charge in [0.15, 0.2) is 0 Å². The van der Waals surface area contributed by atoms with E-state index in [9.17, 15) is 0 Å². The maximum Gasteiger partial charge on any atom is -0.0159 e. The summed E-state index contributed by atoms with van der Waals surface area (Å²) in [5.74, 6) is 0.903. The van der Waals surface area contributed by atoms with Crippen LogP contribution < -0.4 is 0 Å². The summed E-state index contributed by atoms with van der Waals surface area (Å²) in [5.41, 5.74) is 4.58. The summed E-state index contributed by atoms with van der Waals surface area (Å²) in [6, 6.07) is 6.91. The SMILES string of the molecule is CCc1cc(C)ccc1C1CC1. The topological polar surface area (TPSA) is 0 Å². The van der Waals surface area contributed by atoms with Crippen LogP contribution in [0.3, 0.4) is 0 Å². The van der Waals surface area contributed by atoms with Gasteiger partial charge in [-0.25, -0.2) is 0 Å². The van der Waals surface area contributed by atoms with Crippen LogP contribution in [0.2, 0.25) is 0 Å². The predicted octanol–water partition coefficient (Wildman–Crippen LogP) is 3.43. The number of benzene rings is 1. The lowest BCUT2D eigenvalue weighted by molar-refractivity contribution is 1.02. The molecule has 0 unspecified atom stereocenters. The van der Waals surface area contributed by atoms with Gasteiger partial charge in [-0.05, 0) is 43.2 Å². The van der Waals surface area contributed by atoms with Gasteiger partial charge >= 0.3 is 0 Å². The van der Waals surface area contributed by atoms with Crippen LogP contribution in [0.1, 0.15) is 42.4 Å². The smallest absolute Gasteiger partial charge is 0.0159 e. The van der Waals surface area contributed by atoms with Crippen LogP contribution in [0.5, 0.6) is 0 Å². The molecule has 0 heterocycles. The van der Waals surface area contributed by atoms with E-state index in [0.29, 0.717) is 0 Å². The van der Waals surface area contributed by atoms with Gasteiger partial charge in [0.2, 0.25) is 0 Å².